The molecule has 2 heterocycles. The first-order valence-corrected chi connectivity index (χ1v) is 6.61. The molecule has 0 aliphatic heterocycles. The monoisotopic (exact) mass is 266 g/mol. The van der Waals surface area contributed by atoms with Gasteiger partial charge in [-0.25, -0.2) is 9.97 Å². The summed E-state index contributed by atoms with van der Waals surface area (Å²) in [6, 6.07) is 1.67. The second-order valence-electron chi connectivity index (χ2n) is 4.07. The van der Waals surface area contributed by atoms with Crippen LogP contribution in [0.5, 0.6) is 0 Å². The van der Waals surface area contributed by atoms with Crippen molar-refractivity contribution < 1.29 is 0 Å². The molecule has 3 rings (SSSR count). The Morgan fingerprint density at radius 2 is 2.29 bits per heavy atom. The van der Waals surface area contributed by atoms with Crippen molar-refractivity contribution in [2.75, 3.05) is 11.1 Å². The molecule has 88 valence electrons. The molecule has 17 heavy (non-hydrogen) atoms. The van der Waals surface area contributed by atoms with Gasteiger partial charge < -0.3 is 11.1 Å². The number of aromatic nitrogens is 2. The summed E-state index contributed by atoms with van der Waals surface area (Å²) in [6.45, 7) is 0. The van der Waals surface area contributed by atoms with E-state index < -0.39 is 0 Å². The third-order valence-electron chi connectivity index (χ3n) is 2.63. The van der Waals surface area contributed by atoms with E-state index in [4.69, 9.17) is 17.3 Å². The molecule has 1 saturated carbocycles. The van der Waals surface area contributed by atoms with Crippen LogP contribution in [0.15, 0.2) is 17.6 Å². The number of hydrogen-bond acceptors (Lipinski definition) is 5. The molecule has 0 spiro atoms. The zero-order valence-electron chi connectivity index (χ0n) is 8.98. The molecule has 6 heteroatoms. The summed E-state index contributed by atoms with van der Waals surface area (Å²) in [6.07, 6.45) is 4.07. The minimum atomic E-state index is 0.528. The topological polar surface area (TPSA) is 63.8 Å². The second-order valence-corrected chi connectivity index (χ2v) is 5.36. The number of pyridine rings is 1. The van der Waals surface area contributed by atoms with Gasteiger partial charge in [0.05, 0.1) is 16.4 Å². The van der Waals surface area contributed by atoms with E-state index in [0.29, 0.717) is 22.4 Å². The van der Waals surface area contributed by atoms with Crippen LogP contribution in [0.1, 0.15) is 24.5 Å². The number of thiazole rings is 1. The Kier molecular flexibility index (Phi) is 2.64. The Balaban J connectivity index is 1.80. The highest BCUT2D eigenvalue weighted by atomic mass is 35.5. The van der Waals surface area contributed by atoms with E-state index >= 15 is 0 Å². The third kappa shape index (κ3) is 2.35. The van der Waals surface area contributed by atoms with Crippen molar-refractivity contribution in [2.24, 2.45) is 0 Å². The highest BCUT2D eigenvalue weighted by Gasteiger charge is 2.26. The summed E-state index contributed by atoms with van der Waals surface area (Å²) in [5, 5.41) is 6.56. The van der Waals surface area contributed by atoms with E-state index in [2.05, 4.69) is 20.7 Å². The van der Waals surface area contributed by atoms with Gasteiger partial charge in [-0.2, -0.15) is 0 Å². The number of nitrogen functional groups attached to an aromatic ring is 1. The lowest BCUT2D eigenvalue weighted by molar-refractivity contribution is 1.05. The van der Waals surface area contributed by atoms with Crippen LogP contribution in [0.25, 0.3) is 0 Å². The lowest BCUT2D eigenvalue weighted by Gasteiger charge is -2.04. The highest BCUT2D eigenvalue weighted by Crippen LogP contribution is 2.41. The fourth-order valence-corrected chi connectivity index (χ4v) is 2.53. The maximum Gasteiger partial charge on any atom is 0.188 e. The van der Waals surface area contributed by atoms with Crippen LogP contribution in [0.2, 0.25) is 5.02 Å². The highest BCUT2D eigenvalue weighted by molar-refractivity contribution is 7.13. The summed E-state index contributed by atoms with van der Waals surface area (Å²) >= 11 is 7.37. The molecule has 0 bridgehead atoms. The van der Waals surface area contributed by atoms with Crippen molar-refractivity contribution in [1.29, 1.82) is 0 Å². The molecule has 1 fully saturated rings. The van der Waals surface area contributed by atoms with Crippen molar-refractivity contribution in [3.05, 3.63) is 28.4 Å². The summed E-state index contributed by atoms with van der Waals surface area (Å²) in [5.74, 6) is 1.27. The van der Waals surface area contributed by atoms with Crippen molar-refractivity contribution in [2.45, 2.75) is 18.8 Å². The van der Waals surface area contributed by atoms with E-state index in [-0.39, 0.29) is 0 Å². The Hall–Kier alpha value is -1.33. The van der Waals surface area contributed by atoms with Crippen molar-refractivity contribution in [3.63, 3.8) is 0 Å². The average Bonchev–Trinajstić information content (AvgIpc) is 3.04. The molecule has 1 aliphatic rings. The van der Waals surface area contributed by atoms with E-state index in [0.717, 1.165) is 5.13 Å². The van der Waals surface area contributed by atoms with Gasteiger partial charge in [0.2, 0.25) is 0 Å². The predicted molar refractivity (Wildman–Crippen MR) is 71.0 cm³/mol. The quantitative estimate of drug-likeness (QED) is 0.894. The summed E-state index contributed by atoms with van der Waals surface area (Å²) < 4.78 is 0. The molecule has 3 N–H and O–H groups in total. The van der Waals surface area contributed by atoms with E-state index in [1.807, 2.05) is 0 Å². The fourth-order valence-electron chi connectivity index (χ4n) is 1.57. The van der Waals surface area contributed by atoms with Gasteiger partial charge in [0.15, 0.2) is 10.9 Å². The van der Waals surface area contributed by atoms with Gasteiger partial charge >= 0.3 is 0 Å². The first-order chi connectivity index (χ1) is 8.22. The molecule has 4 nitrogen and oxygen atoms in total. The van der Waals surface area contributed by atoms with Crippen molar-refractivity contribution >= 4 is 39.6 Å². The van der Waals surface area contributed by atoms with E-state index in [9.17, 15) is 0 Å². The van der Waals surface area contributed by atoms with Crippen molar-refractivity contribution in [3.8, 4) is 0 Å². The number of halogens is 1. The van der Waals surface area contributed by atoms with E-state index in [1.54, 1.807) is 23.6 Å². The zero-order valence-corrected chi connectivity index (χ0v) is 10.6. The molecule has 0 unspecified atom stereocenters. The van der Waals surface area contributed by atoms with Crippen LogP contribution in [0.4, 0.5) is 16.6 Å². The number of rotatable bonds is 3. The van der Waals surface area contributed by atoms with E-state index in [1.165, 1.54) is 18.5 Å². The lowest BCUT2D eigenvalue weighted by atomic mass is 10.3. The molecule has 1 aliphatic carbocycles. The molecule has 0 saturated heterocycles. The number of hydrogen-bond donors (Lipinski definition) is 2. The second kappa shape index (κ2) is 4.16. The van der Waals surface area contributed by atoms with Crippen LogP contribution < -0.4 is 11.1 Å². The van der Waals surface area contributed by atoms with Crippen LogP contribution in [0.3, 0.4) is 0 Å². The van der Waals surface area contributed by atoms with Gasteiger partial charge in [-0.3, -0.25) is 0 Å². The van der Waals surface area contributed by atoms with Gasteiger partial charge in [-0.1, -0.05) is 11.6 Å². The molecular weight excluding hydrogens is 256 g/mol. The molecule has 2 aromatic heterocycles. The molecule has 0 amide bonds. The van der Waals surface area contributed by atoms with Crippen LogP contribution in [-0.4, -0.2) is 9.97 Å². The Morgan fingerprint density at radius 3 is 3.00 bits per heavy atom. The predicted octanol–water partition coefficient (Wildman–Crippen LogP) is 3.39. The molecular formula is C11H11ClN4S. The Bertz CT molecular complexity index is 550. The molecule has 0 radical (unpaired) electrons. The number of nitrogens with two attached hydrogens (primary N) is 1. The van der Waals surface area contributed by atoms with Crippen molar-refractivity contribution in [1.82, 2.24) is 9.97 Å². The summed E-state index contributed by atoms with van der Waals surface area (Å²) in [5.41, 5.74) is 7.52. The normalized spacial score (nSPS) is 14.9. The maximum absolute atomic E-state index is 5.82. The molecule has 0 aromatic carbocycles. The molecule has 2 aromatic rings. The van der Waals surface area contributed by atoms with Gasteiger partial charge in [-0.05, 0) is 18.9 Å². The van der Waals surface area contributed by atoms with Gasteiger partial charge in [-0.15, -0.1) is 11.3 Å². The van der Waals surface area contributed by atoms with Crippen LogP contribution in [0, 0.1) is 0 Å². The third-order valence-corrected chi connectivity index (χ3v) is 3.61. The largest absolute Gasteiger partial charge is 0.396 e. The first-order valence-electron chi connectivity index (χ1n) is 5.36. The Labute approximate surface area is 108 Å². The zero-order chi connectivity index (χ0) is 11.8. The summed E-state index contributed by atoms with van der Waals surface area (Å²) in [4.78, 5) is 8.65. The number of anilines is 3. The standard InChI is InChI=1S/C11H11ClN4S/c12-7-3-8(13)10(14-4-7)16-11-15-9(5-17-11)6-1-2-6/h3-6H,1-2,13H2,(H,14,15,16). The van der Waals surface area contributed by atoms with Gasteiger partial charge in [0.1, 0.15) is 0 Å². The smallest absolute Gasteiger partial charge is 0.188 e. The number of nitrogens with zero attached hydrogens (tertiary/aromatic N) is 2. The fraction of sp³-hybridized carbons (Fsp3) is 0.273. The minimum absolute atomic E-state index is 0.528. The SMILES string of the molecule is Nc1cc(Cl)cnc1Nc1nc(C2CC2)cs1. The molecule has 0 atom stereocenters. The maximum atomic E-state index is 5.82. The summed E-state index contributed by atoms with van der Waals surface area (Å²) in [7, 11) is 0. The number of nitrogens with one attached hydrogen (secondary N) is 1. The van der Waals surface area contributed by atoms with Gasteiger partial charge in [0.25, 0.3) is 0 Å². The first kappa shape index (κ1) is 10.8. The van der Waals surface area contributed by atoms with Gasteiger partial charge in [0, 0.05) is 17.5 Å². The van der Waals surface area contributed by atoms with Crippen LogP contribution in [-0.2, 0) is 0 Å². The minimum Gasteiger partial charge on any atom is -0.396 e. The lowest BCUT2D eigenvalue weighted by Crippen LogP contribution is -1.98. The average molecular weight is 267 g/mol. The van der Waals surface area contributed by atoms with Crippen LogP contribution >= 0.6 is 22.9 Å². The Morgan fingerprint density at radius 1 is 1.47 bits per heavy atom.